The Balaban J connectivity index is 3.43. The summed E-state index contributed by atoms with van der Waals surface area (Å²) in [4.78, 5) is 18.9. The lowest BCUT2D eigenvalue weighted by molar-refractivity contribution is -0.424. The number of hydrogen-bond donors (Lipinski definition) is 0. The third-order valence-corrected chi connectivity index (χ3v) is 1.69. The summed E-state index contributed by atoms with van der Waals surface area (Å²) in [7, 11) is 0. The van der Waals surface area contributed by atoms with Crippen LogP contribution in [0.25, 0.3) is 0 Å². The lowest BCUT2D eigenvalue weighted by Gasteiger charge is -1.95. The highest BCUT2D eigenvalue weighted by molar-refractivity contribution is 7.80. The minimum absolute atomic E-state index is 0.126. The van der Waals surface area contributed by atoms with Crippen molar-refractivity contribution in [2.24, 2.45) is 0 Å². The Morgan fingerprint density at radius 1 is 1.15 bits per heavy atom. The molecule has 0 unspecified atom stereocenters. The van der Waals surface area contributed by atoms with Gasteiger partial charge >= 0.3 is 11.4 Å². The van der Waals surface area contributed by atoms with Gasteiger partial charge in [0, 0.05) is 6.07 Å². The fourth-order valence-corrected chi connectivity index (χ4v) is 1.10. The predicted molar refractivity (Wildman–Crippen MR) is 45.6 cm³/mol. The van der Waals surface area contributed by atoms with E-state index in [2.05, 4.69) is 12.6 Å². The average Bonchev–Trinajstić information content (AvgIpc) is 2.02. The second kappa shape index (κ2) is 3.31. The lowest BCUT2D eigenvalue weighted by Crippen LogP contribution is -1.96. The number of rotatable bonds is 2. The Hall–Kier alpha value is -1.76. The van der Waals surface area contributed by atoms with Gasteiger partial charge in [-0.1, -0.05) is 18.7 Å². The molecule has 0 heterocycles. The quantitative estimate of drug-likeness (QED) is 0.538. The van der Waals surface area contributed by atoms with Crippen LogP contribution in [0, 0.1) is 20.2 Å². The Labute approximate surface area is 77.9 Å². The van der Waals surface area contributed by atoms with Gasteiger partial charge in [-0.25, -0.2) is 0 Å². The predicted octanol–water partition coefficient (Wildman–Crippen LogP) is 2.06. The molecule has 0 saturated carbocycles. The third kappa shape index (κ3) is 1.70. The number of nitro groups is 2. The molecular weight excluding hydrogens is 196 g/mol. The zero-order chi connectivity index (χ0) is 10.0. The highest BCUT2D eigenvalue weighted by Gasteiger charge is 2.26. The van der Waals surface area contributed by atoms with Crippen LogP contribution in [0.1, 0.15) is 0 Å². The molecule has 0 spiro atoms. The molecule has 67 valence electrons. The summed E-state index contributed by atoms with van der Waals surface area (Å²) in [5, 5.41) is 20.7. The Bertz CT molecular complexity index is 379. The summed E-state index contributed by atoms with van der Waals surface area (Å²) < 4.78 is 0. The van der Waals surface area contributed by atoms with Crippen molar-refractivity contribution in [3.8, 4) is 0 Å². The molecule has 0 fully saturated rings. The van der Waals surface area contributed by atoms with E-state index < -0.39 is 21.2 Å². The summed E-state index contributed by atoms with van der Waals surface area (Å²) in [6.07, 6.45) is 0. The fourth-order valence-electron chi connectivity index (χ4n) is 0.842. The first-order valence-corrected chi connectivity index (χ1v) is 3.53. The van der Waals surface area contributed by atoms with E-state index >= 15 is 0 Å². The van der Waals surface area contributed by atoms with Crippen LogP contribution >= 0.6 is 12.6 Å². The molecule has 0 saturated heterocycles. The van der Waals surface area contributed by atoms with Gasteiger partial charge in [-0.15, -0.1) is 0 Å². The summed E-state index contributed by atoms with van der Waals surface area (Å²) >= 11 is 4.59. The first-order chi connectivity index (χ1) is 6.04. The molecule has 0 aromatic heterocycles. The van der Waals surface area contributed by atoms with Crippen LogP contribution in [0.2, 0.25) is 0 Å². The van der Waals surface area contributed by atoms with E-state index in [9.17, 15) is 20.2 Å². The summed E-state index contributed by atoms with van der Waals surface area (Å²) in [6, 6.07) is 3.64. The van der Waals surface area contributed by atoms with Crippen molar-refractivity contribution >= 4 is 24.0 Å². The van der Waals surface area contributed by atoms with E-state index in [0.29, 0.717) is 0 Å². The zero-order valence-corrected chi connectivity index (χ0v) is 6.98. The Morgan fingerprint density at radius 3 is 2.15 bits per heavy atom. The molecule has 0 bridgehead atoms. The second-order valence-electron chi connectivity index (χ2n) is 2.14. The summed E-state index contributed by atoms with van der Waals surface area (Å²) in [6.45, 7) is 0. The Morgan fingerprint density at radius 2 is 1.77 bits per heavy atom. The maximum Gasteiger partial charge on any atom is 0.363 e. The first kappa shape index (κ1) is 9.33. The average molecular weight is 199 g/mol. The van der Waals surface area contributed by atoms with Crippen LogP contribution in [-0.2, 0) is 0 Å². The van der Waals surface area contributed by atoms with Crippen LogP contribution in [0.15, 0.2) is 23.1 Å². The van der Waals surface area contributed by atoms with Crippen LogP contribution in [0.5, 0.6) is 0 Å². The molecule has 7 heteroatoms. The number of nitrogens with zero attached hydrogens (tertiary/aromatic N) is 2. The van der Waals surface area contributed by atoms with Gasteiger partial charge < -0.3 is 0 Å². The molecule has 0 amide bonds. The molecule has 0 aliphatic heterocycles. The van der Waals surface area contributed by atoms with Crippen molar-refractivity contribution in [3.05, 3.63) is 38.4 Å². The molecule has 0 atom stereocenters. The minimum atomic E-state index is -0.847. The molecule has 0 N–H and O–H groups in total. The van der Waals surface area contributed by atoms with Crippen LogP contribution in [-0.4, -0.2) is 9.85 Å². The van der Waals surface area contributed by atoms with Crippen molar-refractivity contribution in [2.75, 3.05) is 0 Å². The number of hydrogen-bond acceptors (Lipinski definition) is 4. The topological polar surface area (TPSA) is 86.3 Å². The van der Waals surface area contributed by atoms with Crippen molar-refractivity contribution in [1.82, 2.24) is 0 Å². The van der Waals surface area contributed by atoms with Crippen molar-refractivity contribution < 1.29 is 9.85 Å². The van der Waals surface area contributed by atoms with Crippen LogP contribution in [0.4, 0.5) is 11.4 Å². The maximum atomic E-state index is 10.4. The molecule has 1 radical (unpaired) electrons. The van der Waals surface area contributed by atoms with Gasteiger partial charge in [0.05, 0.1) is 9.85 Å². The first-order valence-electron chi connectivity index (χ1n) is 3.13. The largest absolute Gasteiger partial charge is 0.363 e. The van der Waals surface area contributed by atoms with Crippen LogP contribution < -0.4 is 0 Å². The molecule has 1 aromatic carbocycles. The summed E-state index contributed by atoms with van der Waals surface area (Å²) in [5.74, 6) is 0. The minimum Gasteiger partial charge on any atom is -0.258 e. The van der Waals surface area contributed by atoms with Gasteiger partial charge in [0.2, 0.25) is 0 Å². The van der Waals surface area contributed by atoms with E-state index in [1.54, 1.807) is 0 Å². The fraction of sp³-hybridized carbons (Fsp3) is 0. The van der Waals surface area contributed by atoms with Gasteiger partial charge in [0.25, 0.3) is 0 Å². The highest BCUT2D eigenvalue weighted by Crippen LogP contribution is 2.32. The smallest absolute Gasteiger partial charge is 0.258 e. The SMILES string of the molecule is O=[N+]([O-])c1cccc([S])c1[N+](=O)[O-]. The molecule has 1 aromatic rings. The van der Waals surface area contributed by atoms with E-state index in [1.807, 2.05) is 0 Å². The molecule has 0 aliphatic rings. The van der Waals surface area contributed by atoms with Crippen molar-refractivity contribution in [2.45, 2.75) is 4.90 Å². The van der Waals surface area contributed by atoms with Gasteiger partial charge in [-0.3, -0.25) is 20.2 Å². The number of nitro benzene ring substituents is 2. The van der Waals surface area contributed by atoms with Crippen molar-refractivity contribution in [1.29, 1.82) is 0 Å². The molecule has 6 nitrogen and oxygen atoms in total. The highest BCUT2D eigenvalue weighted by atomic mass is 32.1. The standard InChI is InChI=1S/C6H3N2O4S/c9-7(10)4-2-1-3-5(13)6(4)8(11)12/h1-3H. The van der Waals surface area contributed by atoms with E-state index in [1.165, 1.54) is 12.1 Å². The van der Waals surface area contributed by atoms with E-state index in [4.69, 9.17) is 0 Å². The number of benzene rings is 1. The zero-order valence-electron chi connectivity index (χ0n) is 6.17. The summed E-state index contributed by atoms with van der Waals surface area (Å²) in [5.41, 5.74) is -1.19. The van der Waals surface area contributed by atoms with Gasteiger partial charge in [-0.05, 0) is 6.07 Å². The molecule has 13 heavy (non-hydrogen) atoms. The van der Waals surface area contributed by atoms with Gasteiger partial charge in [0.1, 0.15) is 4.90 Å². The third-order valence-electron chi connectivity index (χ3n) is 1.36. The lowest BCUT2D eigenvalue weighted by atomic mass is 10.3. The molecular formula is C6H3N2O4S. The van der Waals surface area contributed by atoms with Gasteiger partial charge in [-0.2, -0.15) is 0 Å². The van der Waals surface area contributed by atoms with Crippen molar-refractivity contribution in [3.63, 3.8) is 0 Å². The monoisotopic (exact) mass is 199 g/mol. The number of para-hydroxylation sites is 1. The normalized spacial score (nSPS) is 9.54. The second-order valence-corrected chi connectivity index (χ2v) is 2.58. The molecule has 1 rings (SSSR count). The molecule has 0 aliphatic carbocycles. The maximum absolute atomic E-state index is 10.4. The Kier molecular flexibility index (Phi) is 2.38. The van der Waals surface area contributed by atoms with Crippen LogP contribution in [0.3, 0.4) is 0 Å². The van der Waals surface area contributed by atoms with E-state index in [0.717, 1.165) is 6.07 Å². The van der Waals surface area contributed by atoms with Gasteiger partial charge in [0.15, 0.2) is 0 Å². The van der Waals surface area contributed by atoms with E-state index in [-0.39, 0.29) is 4.90 Å².